The number of hydrogen-bond donors (Lipinski definition) is 3. The molecule has 0 atom stereocenters. The van der Waals surface area contributed by atoms with E-state index in [2.05, 4.69) is 20.5 Å². The van der Waals surface area contributed by atoms with Crippen LogP contribution in [-0.2, 0) is 9.53 Å². The molecule has 1 heterocycles. The van der Waals surface area contributed by atoms with Crippen molar-refractivity contribution in [3.63, 3.8) is 0 Å². The molecule has 1 aliphatic carbocycles. The number of H-pyrrole nitrogens is 1. The second kappa shape index (κ2) is 8.97. The molecule has 0 saturated carbocycles. The number of nitrogens with one attached hydrogen (secondary N) is 2. The molecule has 0 fully saturated rings. The number of likely N-dealkylation sites (N-methyl/N-ethyl adjacent to an activating group) is 1. The summed E-state index contributed by atoms with van der Waals surface area (Å²) in [6.07, 6.45) is -0.766. The first-order chi connectivity index (χ1) is 16.2. The second-order valence-electron chi connectivity index (χ2n) is 8.37. The molecule has 0 aliphatic heterocycles. The average molecular weight is 463 g/mol. The van der Waals surface area contributed by atoms with Gasteiger partial charge < -0.3 is 14.7 Å². The summed E-state index contributed by atoms with van der Waals surface area (Å²) in [5, 5.41) is 18.1. The quantitative estimate of drug-likeness (QED) is 0.488. The molecular weight excluding hydrogens is 438 g/mol. The van der Waals surface area contributed by atoms with Crippen LogP contribution in [0.2, 0.25) is 0 Å². The van der Waals surface area contributed by atoms with Gasteiger partial charge in [-0.3, -0.25) is 15.2 Å². The highest BCUT2D eigenvalue weighted by Crippen LogP contribution is 2.44. The van der Waals surface area contributed by atoms with E-state index in [1.165, 1.54) is 13.8 Å². The zero-order chi connectivity index (χ0) is 24.5. The van der Waals surface area contributed by atoms with Crippen LogP contribution in [-0.4, -0.2) is 61.8 Å². The Kier molecular flexibility index (Phi) is 6.06. The number of rotatable bonds is 7. The van der Waals surface area contributed by atoms with Gasteiger partial charge in [0.25, 0.3) is 11.9 Å². The second-order valence-corrected chi connectivity index (χ2v) is 8.37. The van der Waals surface area contributed by atoms with Crippen molar-refractivity contribution >= 4 is 23.9 Å². The molecule has 0 radical (unpaired) electrons. The number of carbonyl (C=O) groups is 3. The summed E-state index contributed by atoms with van der Waals surface area (Å²) in [6, 6.07) is 16.0. The van der Waals surface area contributed by atoms with Crippen molar-refractivity contribution in [2.45, 2.75) is 32.2 Å². The van der Waals surface area contributed by atoms with Crippen LogP contribution in [0.4, 0.5) is 10.7 Å². The van der Waals surface area contributed by atoms with Crippen LogP contribution in [0.25, 0.3) is 11.1 Å². The number of carboxylic acids is 1. The highest BCUT2D eigenvalue weighted by Gasteiger charge is 2.38. The molecule has 1 aliphatic rings. The first-order valence-electron chi connectivity index (χ1n) is 10.8. The van der Waals surface area contributed by atoms with Crippen molar-refractivity contribution in [2.75, 3.05) is 18.5 Å². The van der Waals surface area contributed by atoms with Crippen LogP contribution in [0.15, 0.2) is 48.5 Å². The number of aromatic amines is 1. The van der Waals surface area contributed by atoms with Crippen molar-refractivity contribution < 1.29 is 24.2 Å². The molecule has 4 rings (SSSR count). The van der Waals surface area contributed by atoms with E-state index in [0.29, 0.717) is 0 Å². The smallest absolute Gasteiger partial charge is 0.414 e. The molecule has 1 aromatic heterocycles. The van der Waals surface area contributed by atoms with Gasteiger partial charge in [-0.15, -0.1) is 5.10 Å². The lowest BCUT2D eigenvalue weighted by molar-refractivity contribution is -0.147. The normalized spacial score (nSPS) is 12.6. The molecule has 0 spiro atoms. The Bertz CT molecular complexity index is 1210. The van der Waals surface area contributed by atoms with Crippen molar-refractivity contribution in [3.8, 4) is 11.1 Å². The number of hydrogen-bond acceptors (Lipinski definition) is 6. The van der Waals surface area contributed by atoms with Gasteiger partial charge in [0.2, 0.25) is 5.82 Å². The van der Waals surface area contributed by atoms with E-state index in [0.717, 1.165) is 27.2 Å². The van der Waals surface area contributed by atoms with Gasteiger partial charge in [0, 0.05) is 12.5 Å². The third kappa shape index (κ3) is 4.09. The van der Waals surface area contributed by atoms with Gasteiger partial charge in [0.15, 0.2) is 0 Å². The highest BCUT2D eigenvalue weighted by molar-refractivity contribution is 5.95. The topological polar surface area (TPSA) is 138 Å². The average Bonchev–Trinajstić information content (AvgIpc) is 3.40. The van der Waals surface area contributed by atoms with E-state index in [4.69, 9.17) is 4.74 Å². The Balaban J connectivity index is 1.42. The highest BCUT2D eigenvalue weighted by atomic mass is 16.5. The van der Waals surface area contributed by atoms with Gasteiger partial charge in [-0.05, 0) is 43.0 Å². The number of amides is 2. The molecule has 0 bridgehead atoms. The fourth-order valence-corrected chi connectivity index (χ4v) is 4.18. The molecule has 3 aromatic rings. The Morgan fingerprint density at radius 3 is 2.24 bits per heavy atom. The maximum atomic E-state index is 12.7. The van der Waals surface area contributed by atoms with Gasteiger partial charge in [-0.2, -0.15) is 4.98 Å². The van der Waals surface area contributed by atoms with Crippen molar-refractivity contribution in [1.29, 1.82) is 0 Å². The molecule has 2 aromatic carbocycles. The summed E-state index contributed by atoms with van der Waals surface area (Å²) in [5.74, 6) is -2.24. The van der Waals surface area contributed by atoms with Crippen LogP contribution in [0.5, 0.6) is 0 Å². The van der Waals surface area contributed by atoms with E-state index >= 15 is 0 Å². The molecule has 10 nitrogen and oxygen atoms in total. The standard InChI is InChI=1S/C24H25N5O5/c1-4-29(24(2,3)21(31)32)20(30)19-25-22(28-27-19)26-23(33)34-13-18-16-11-7-5-9-14(16)15-10-6-8-12-17(15)18/h5-12,18H,4,13H2,1-3H3,(H,31,32)(H2,25,26,27,28,33). The molecule has 0 unspecified atom stereocenters. The van der Waals surface area contributed by atoms with Crippen LogP contribution >= 0.6 is 0 Å². The number of aliphatic carboxylic acids is 1. The summed E-state index contributed by atoms with van der Waals surface area (Å²) >= 11 is 0. The number of carbonyl (C=O) groups excluding carboxylic acids is 2. The Hall–Kier alpha value is -4.21. The number of aromatic nitrogens is 3. The summed E-state index contributed by atoms with van der Waals surface area (Å²) in [4.78, 5) is 41.8. The van der Waals surface area contributed by atoms with E-state index in [-0.39, 0.29) is 30.8 Å². The molecule has 10 heteroatoms. The summed E-state index contributed by atoms with van der Waals surface area (Å²) in [5.41, 5.74) is 2.97. The van der Waals surface area contributed by atoms with Crippen molar-refractivity contribution in [2.24, 2.45) is 0 Å². The van der Waals surface area contributed by atoms with Gasteiger partial charge in [0.05, 0.1) is 0 Å². The van der Waals surface area contributed by atoms with Crippen LogP contribution in [0.1, 0.15) is 48.4 Å². The van der Waals surface area contributed by atoms with E-state index in [1.807, 2.05) is 48.5 Å². The Labute approximate surface area is 196 Å². The minimum Gasteiger partial charge on any atom is -0.480 e. The van der Waals surface area contributed by atoms with Crippen molar-refractivity contribution in [1.82, 2.24) is 20.1 Å². The molecule has 3 N–H and O–H groups in total. The van der Waals surface area contributed by atoms with Crippen LogP contribution < -0.4 is 5.32 Å². The van der Waals surface area contributed by atoms with Gasteiger partial charge in [-0.1, -0.05) is 48.5 Å². The first kappa shape index (κ1) is 23.0. The summed E-state index contributed by atoms with van der Waals surface area (Å²) in [6.45, 7) is 4.77. The minimum absolute atomic E-state index is 0.0983. The Morgan fingerprint density at radius 2 is 1.68 bits per heavy atom. The number of nitrogens with zero attached hydrogens (tertiary/aromatic N) is 3. The van der Waals surface area contributed by atoms with Gasteiger partial charge in [0.1, 0.15) is 12.1 Å². The largest absolute Gasteiger partial charge is 0.480 e. The zero-order valence-electron chi connectivity index (χ0n) is 19.0. The number of benzene rings is 2. The monoisotopic (exact) mass is 463 g/mol. The van der Waals surface area contributed by atoms with Crippen LogP contribution in [0.3, 0.4) is 0 Å². The van der Waals surface area contributed by atoms with E-state index in [9.17, 15) is 19.5 Å². The lowest BCUT2D eigenvalue weighted by Crippen LogP contribution is -2.53. The van der Waals surface area contributed by atoms with Crippen molar-refractivity contribution in [3.05, 3.63) is 65.5 Å². The minimum atomic E-state index is -1.45. The third-order valence-corrected chi connectivity index (χ3v) is 6.01. The molecular formula is C24H25N5O5. The molecule has 2 amide bonds. The molecule has 176 valence electrons. The number of ether oxygens (including phenoxy) is 1. The maximum absolute atomic E-state index is 12.7. The summed E-state index contributed by atoms with van der Waals surface area (Å²) in [7, 11) is 0. The lowest BCUT2D eigenvalue weighted by atomic mass is 9.98. The van der Waals surface area contributed by atoms with E-state index < -0.39 is 23.5 Å². The first-order valence-corrected chi connectivity index (χ1v) is 10.8. The Morgan fingerprint density at radius 1 is 1.09 bits per heavy atom. The number of anilines is 1. The molecule has 0 saturated heterocycles. The molecule has 34 heavy (non-hydrogen) atoms. The SMILES string of the molecule is CCN(C(=O)c1nc(NC(=O)OCC2c3ccccc3-c3ccccc32)n[nH]1)C(C)(C)C(=O)O. The van der Waals surface area contributed by atoms with Gasteiger partial charge in [-0.25, -0.2) is 9.59 Å². The fraction of sp³-hybridized carbons (Fsp3) is 0.292. The van der Waals surface area contributed by atoms with Crippen LogP contribution in [0, 0.1) is 0 Å². The van der Waals surface area contributed by atoms with Gasteiger partial charge >= 0.3 is 12.1 Å². The fourth-order valence-electron chi connectivity index (χ4n) is 4.18. The number of carboxylic acid groups (broad SMARTS) is 1. The zero-order valence-corrected chi connectivity index (χ0v) is 19.0. The summed E-state index contributed by atoms with van der Waals surface area (Å²) < 4.78 is 5.45. The lowest BCUT2D eigenvalue weighted by Gasteiger charge is -2.33. The number of fused-ring (bicyclic) bond motifs is 3. The third-order valence-electron chi connectivity index (χ3n) is 6.01. The predicted molar refractivity (Wildman–Crippen MR) is 123 cm³/mol. The predicted octanol–water partition coefficient (Wildman–Crippen LogP) is 3.49. The maximum Gasteiger partial charge on any atom is 0.414 e. The van der Waals surface area contributed by atoms with E-state index in [1.54, 1.807) is 6.92 Å².